The SMILES string of the molecule is c1ccc(-c2cc(-c3ccccc3)nc(-n3c4ccccc4c4ccc(-c5cc(-c6ccc7c(c6)c6ccccc6n7-c6ccc7sc8ccncc8c7c6)c6ccccc6c5)cc43)c2)cc1. The Morgan fingerprint density at radius 3 is 1.84 bits per heavy atom. The first-order valence-corrected chi connectivity index (χ1v) is 23.5. The summed E-state index contributed by atoms with van der Waals surface area (Å²) in [6.07, 6.45) is 3.88. The molecular formula is C62H38N4S. The number of thiophene rings is 1. The van der Waals surface area contributed by atoms with Crippen LogP contribution in [0.5, 0.6) is 0 Å². The Labute approximate surface area is 389 Å². The monoisotopic (exact) mass is 870 g/mol. The highest BCUT2D eigenvalue weighted by Gasteiger charge is 2.19. The Bertz CT molecular complexity index is 4220. The van der Waals surface area contributed by atoms with Gasteiger partial charge in [0.15, 0.2) is 0 Å². The van der Waals surface area contributed by atoms with Gasteiger partial charge < -0.3 is 4.57 Å². The molecule has 0 saturated heterocycles. The summed E-state index contributed by atoms with van der Waals surface area (Å²) in [6, 6.07) is 79.6. The maximum atomic E-state index is 5.42. The largest absolute Gasteiger partial charge is 0.309 e. The number of hydrogen-bond acceptors (Lipinski definition) is 3. The van der Waals surface area contributed by atoms with E-state index in [9.17, 15) is 0 Å². The summed E-state index contributed by atoms with van der Waals surface area (Å²) in [5.41, 5.74) is 14.8. The van der Waals surface area contributed by atoms with Crippen LogP contribution in [0.1, 0.15) is 0 Å². The third-order valence-electron chi connectivity index (χ3n) is 13.6. The van der Waals surface area contributed by atoms with Gasteiger partial charge in [-0.2, -0.15) is 0 Å². The van der Waals surface area contributed by atoms with Gasteiger partial charge in [0, 0.05) is 65.4 Å². The van der Waals surface area contributed by atoms with Gasteiger partial charge in [-0.05, 0) is 123 Å². The minimum atomic E-state index is 0.885. The van der Waals surface area contributed by atoms with Crippen LogP contribution in [0.15, 0.2) is 231 Å². The van der Waals surface area contributed by atoms with E-state index in [-0.39, 0.29) is 0 Å². The summed E-state index contributed by atoms with van der Waals surface area (Å²) >= 11 is 1.82. The fourth-order valence-corrected chi connectivity index (χ4v) is 11.5. The van der Waals surface area contributed by atoms with Crippen molar-refractivity contribution < 1.29 is 0 Å². The lowest BCUT2D eigenvalue weighted by molar-refractivity contribution is 1.08. The maximum Gasteiger partial charge on any atom is 0.138 e. The third kappa shape index (κ3) is 6.06. The van der Waals surface area contributed by atoms with Crippen LogP contribution >= 0.6 is 11.3 Å². The minimum absolute atomic E-state index is 0.885. The molecule has 9 aromatic carbocycles. The lowest BCUT2D eigenvalue weighted by Crippen LogP contribution is -2.00. The smallest absolute Gasteiger partial charge is 0.138 e. The standard InChI is InChI=1S/C62H38N4S/c1-3-13-39(14-4-1)45-34-55(40-15-5-2-6-16-40)64-62(36-45)66-57-22-12-9-19-48(57)50-26-23-41(35-59(50)66)44-31-42-17-7-8-18-47(42)51(33-44)43-24-27-58-52(32-43)49-20-10-11-21-56(49)65(58)46-25-28-60-53(37-46)54-38-63-30-29-61(54)67-60/h1-38H. The third-order valence-corrected chi connectivity index (χ3v) is 14.7. The highest BCUT2D eigenvalue weighted by Crippen LogP contribution is 2.42. The minimum Gasteiger partial charge on any atom is -0.309 e. The number of pyridine rings is 2. The first-order valence-electron chi connectivity index (χ1n) is 22.7. The van der Waals surface area contributed by atoms with Crippen LogP contribution in [0.3, 0.4) is 0 Å². The number of aromatic nitrogens is 4. The maximum absolute atomic E-state index is 5.42. The molecule has 0 aliphatic carbocycles. The predicted molar refractivity (Wildman–Crippen MR) is 283 cm³/mol. The molecule has 14 rings (SSSR count). The van der Waals surface area contributed by atoms with Crippen LogP contribution in [0.25, 0.3) is 131 Å². The van der Waals surface area contributed by atoms with Crippen molar-refractivity contribution in [3.05, 3.63) is 231 Å². The van der Waals surface area contributed by atoms with Gasteiger partial charge in [-0.25, -0.2) is 4.98 Å². The summed E-state index contributed by atoms with van der Waals surface area (Å²) in [5.74, 6) is 0.885. The normalized spacial score (nSPS) is 11.9. The van der Waals surface area contributed by atoms with Crippen LogP contribution in [0.4, 0.5) is 0 Å². The van der Waals surface area contributed by atoms with Crippen LogP contribution < -0.4 is 0 Å². The van der Waals surface area contributed by atoms with E-state index in [2.05, 4.69) is 233 Å². The molecule has 0 aliphatic rings. The molecular weight excluding hydrogens is 833 g/mol. The molecule has 67 heavy (non-hydrogen) atoms. The lowest BCUT2D eigenvalue weighted by Gasteiger charge is -2.14. The van der Waals surface area contributed by atoms with Crippen molar-refractivity contribution >= 4 is 85.9 Å². The van der Waals surface area contributed by atoms with Gasteiger partial charge >= 0.3 is 0 Å². The quantitative estimate of drug-likeness (QED) is 0.167. The molecule has 0 atom stereocenters. The van der Waals surface area contributed by atoms with Gasteiger partial charge in [-0.1, -0.05) is 140 Å². The van der Waals surface area contributed by atoms with Gasteiger partial charge in [0.25, 0.3) is 0 Å². The molecule has 0 spiro atoms. The average molecular weight is 871 g/mol. The van der Waals surface area contributed by atoms with Crippen molar-refractivity contribution in [3.8, 4) is 56.1 Å². The second kappa shape index (κ2) is 15.0. The molecule has 0 bridgehead atoms. The van der Waals surface area contributed by atoms with Gasteiger partial charge in [0.05, 0.1) is 27.8 Å². The van der Waals surface area contributed by atoms with Gasteiger partial charge in [0.1, 0.15) is 5.82 Å². The number of hydrogen-bond donors (Lipinski definition) is 0. The van der Waals surface area contributed by atoms with Crippen molar-refractivity contribution in [1.82, 2.24) is 19.1 Å². The fraction of sp³-hybridized carbons (Fsp3) is 0. The molecule has 4 nitrogen and oxygen atoms in total. The molecule has 0 aliphatic heterocycles. The molecule has 14 aromatic rings. The Balaban J connectivity index is 0.950. The molecule has 0 fully saturated rings. The summed E-state index contributed by atoms with van der Waals surface area (Å²) in [6.45, 7) is 0. The van der Waals surface area contributed by atoms with Gasteiger partial charge in [-0.15, -0.1) is 11.3 Å². The van der Waals surface area contributed by atoms with Crippen LogP contribution in [-0.2, 0) is 0 Å². The number of nitrogens with zero attached hydrogens (tertiary/aromatic N) is 4. The zero-order valence-corrected chi connectivity index (χ0v) is 37.0. The topological polar surface area (TPSA) is 35.6 Å². The molecule has 5 heteroatoms. The zero-order chi connectivity index (χ0) is 44.0. The second-order valence-corrected chi connectivity index (χ2v) is 18.5. The van der Waals surface area contributed by atoms with E-state index in [0.29, 0.717) is 0 Å². The van der Waals surface area contributed by atoms with Crippen molar-refractivity contribution in [2.45, 2.75) is 0 Å². The molecule has 0 unspecified atom stereocenters. The molecule has 0 radical (unpaired) electrons. The molecule has 5 heterocycles. The molecule has 5 aromatic heterocycles. The van der Waals surface area contributed by atoms with E-state index < -0.39 is 0 Å². The van der Waals surface area contributed by atoms with Gasteiger partial charge in [0.2, 0.25) is 0 Å². The summed E-state index contributed by atoms with van der Waals surface area (Å²) in [7, 11) is 0. The highest BCUT2D eigenvalue weighted by molar-refractivity contribution is 7.25. The van der Waals surface area contributed by atoms with Gasteiger partial charge in [-0.3, -0.25) is 9.55 Å². The van der Waals surface area contributed by atoms with E-state index in [1.54, 1.807) is 0 Å². The molecule has 0 saturated carbocycles. The van der Waals surface area contributed by atoms with Crippen LogP contribution in [0, 0.1) is 0 Å². The highest BCUT2D eigenvalue weighted by atomic mass is 32.1. The number of rotatable bonds is 6. The Hall–Kier alpha value is -8.64. The second-order valence-electron chi connectivity index (χ2n) is 17.4. The summed E-state index contributed by atoms with van der Waals surface area (Å²) < 4.78 is 7.31. The number of benzene rings is 9. The lowest BCUT2D eigenvalue weighted by atomic mass is 9.92. The number of fused-ring (bicyclic) bond motifs is 10. The van der Waals surface area contributed by atoms with Crippen molar-refractivity contribution in [1.29, 1.82) is 0 Å². The van der Waals surface area contributed by atoms with E-state index in [4.69, 9.17) is 4.98 Å². The van der Waals surface area contributed by atoms with E-state index in [1.165, 1.54) is 74.6 Å². The van der Waals surface area contributed by atoms with E-state index in [0.717, 1.165) is 56.0 Å². The average Bonchev–Trinajstić information content (AvgIpc) is 4.05. The summed E-state index contributed by atoms with van der Waals surface area (Å²) in [4.78, 5) is 9.89. The molecule has 312 valence electrons. The predicted octanol–water partition coefficient (Wildman–Crippen LogP) is 16.9. The molecule has 0 N–H and O–H groups in total. The van der Waals surface area contributed by atoms with Crippen LogP contribution in [-0.4, -0.2) is 19.1 Å². The molecule has 0 amide bonds. The summed E-state index contributed by atoms with van der Waals surface area (Å²) in [5, 5.41) is 9.72. The number of para-hydroxylation sites is 2. The van der Waals surface area contributed by atoms with Crippen molar-refractivity contribution in [3.63, 3.8) is 0 Å². The zero-order valence-electron chi connectivity index (χ0n) is 36.1. The van der Waals surface area contributed by atoms with E-state index >= 15 is 0 Å². The fourth-order valence-electron chi connectivity index (χ4n) is 10.5. The Morgan fingerprint density at radius 2 is 1.00 bits per heavy atom. The Kier molecular flexibility index (Phi) is 8.42. The van der Waals surface area contributed by atoms with Crippen molar-refractivity contribution in [2.24, 2.45) is 0 Å². The first-order chi connectivity index (χ1) is 33.2. The van der Waals surface area contributed by atoms with Crippen LogP contribution in [0.2, 0.25) is 0 Å². The Morgan fingerprint density at radius 1 is 0.343 bits per heavy atom. The first kappa shape index (κ1) is 37.7. The van der Waals surface area contributed by atoms with E-state index in [1.807, 2.05) is 23.7 Å². The van der Waals surface area contributed by atoms with Crippen molar-refractivity contribution in [2.75, 3.05) is 0 Å².